The zero-order chi connectivity index (χ0) is 19.3. The Bertz CT molecular complexity index is 808. The van der Waals surface area contributed by atoms with E-state index in [9.17, 15) is 4.79 Å². The molecule has 2 aliphatic heterocycles. The fourth-order valence-electron chi connectivity index (χ4n) is 4.04. The quantitative estimate of drug-likeness (QED) is 0.747. The maximum atomic E-state index is 12.7. The number of carbonyl (C=O) groups excluding carboxylic acids is 1. The Morgan fingerprint density at radius 2 is 1.82 bits per heavy atom. The Labute approximate surface area is 176 Å². The van der Waals surface area contributed by atoms with Gasteiger partial charge in [0.15, 0.2) is 0 Å². The lowest BCUT2D eigenvalue weighted by Crippen LogP contribution is -2.37. The Hall–Kier alpha value is -1.53. The van der Waals surface area contributed by atoms with Crippen molar-refractivity contribution < 1.29 is 4.79 Å². The van der Waals surface area contributed by atoms with Crippen LogP contribution >= 0.6 is 23.4 Å². The van der Waals surface area contributed by atoms with Gasteiger partial charge in [0.25, 0.3) is 0 Å². The average Bonchev–Trinajstić information content (AvgIpc) is 3.37. The van der Waals surface area contributed by atoms with E-state index < -0.39 is 0 Å². The standard InChI is InChI=1S/C22H26ClN3OS/c23-17-7-9-19(10-8-17)28-21-6-2-1-5-20(21)24-22(27)16-25-14-11-18(15-25)26-12-3-4-13-26/h1-2,5-10,18H,3-4,11-16H2,(H,24,27). The summed E-state index contributed by atoms with van der Waals surface area (Å²) in [5.41, 5.74) is 0.864. The van der Waals surface area contributed by atoms with Crippen molar-refractivity contribution in [1.82, 2.24) is 9.80 Å². The Kier molecular flexibility index (Phi) is 6.58. The van der Waals surface area contributed by atoms with Crippen molar-refractivity contribution in [2.75, 3.05) is 38.0 Å². The van der Waals surface area contributed by atoms with Gasteiger partial charge in [-0.1, -0.05) is 35.5 Å². The number of hydrogen-bond donors (Lipinski definition) is 1. The van der Waals surface area contributed by atoms with Gasteiger partial charge in [0.2, 0.25) is 5.91 Å². The summed E-state index contributed by atoms with van der Waals surface area (Å²) in [5, 5.41) is 3.84. The van der Waals surface area contributed by atoms with Crippen LogP contribution in [0.2, 0.25) is 5.02 Å². The molecule has 6 heteroatoms. The molecule has 148 valence electrons. The monoisotopic (exact) mass is 415 g/mol. The Balaban J connectivity index is 1.34. The predicted octanol–water partition coefficient (Wildman–Crippen LogP) is 4.60. The van der Waals surface area contributed by atoms with Gasteiger partial charge in [-0.3, -0.25) is 14.6 Å². The maximum Gasteiger partial charge on any atom is 0.238 e. The number of nitrogens with zero attached hydrogens (tertiary/aromatic N) is 2. The maximum absolute atomic E-state index is 12.7. The van der Waals surface area contributed by atoms with Crippen molar-refractivity contribution >= 4 is 35.0 Å². The lowest BCUT2D eigenvalue weighted by atomic mass is 10.2. The molecule has 0 saturated carbocycles. The average molecular weight is 416 g/mol. The molecule has 0 aliphatic carbocycles. The lowest BCUT2D eigenvalue weighted by molar-refractivity contribution is -0.117. The fraction of sp³-hybridized carbons (Fsp3) is 0.409. The number of nitrogens with one attached hydrogen (secondary N) is 1. The fourth-order valence-corrected chi connectivity index (χ4v) is 5.07. The first-order valence-electron chi connectivity index (χ1n) is 9.96. The third kappa shape index (κ3) is 5.09. The van der Waals surface area contributed by atoms with Gasteiger partial charge in [-0.15, -0.1) is 0 Å². The molecule has 4 nitrogen and oxygen atoms in total. The molecule has 0 bridgehead atoms. The van der Waals surface area contributed by atoms with Gasteiger partial charge < -0.3 is 5.32 Å². The van der Waals surface area contributed by atoms with E-state index >= 15 is 0 Å². The molecular formula is C22H26ClN3OS. The molecule has 1 N–H and O–H groups in total. The normalized spacial score (nSPS) is 20.5. The van der Waals surface area contributed by atoms with Crippen LogP contribution in [0.5, 0.6) is 0 Å². The van der Waals surface area contributed by atoms with Gasteiger partial charge in [0.1, 0.15) is 0 Å². The van der Waals surface area contributed by atoms with E-state index in [1.54, 1.807) is 11.8 Å². The van der Waals surface area contributed by atoms with Crippen LogP contribution < -0.4 is 5.32 Å². The topological polar surface area (TPSA) is 35.6 Å². The van der Waals surface area contributed by atoms with Gasteiger partial charge in [-0.05, 0) is 68.8 Å². The molecule has 2 aromatic rings. The Morgan fingerprint density at radius 3 is 2.61 bits per heavy atom. The number of benzene rings is 2. The zero-order valence-corrected chi connectivity index (χ0v) is 17.5. The van der Waals surface area contributed by atoms with Crippen LogP contribution in [0.3, 0.4) is 0 Å². The smallest absolute Gasteiger partial charge is 0.238 e. The molecule has 28 heavy (non-hydrogen) atoms. The van der Waals surface area contributed by atoms with E-state index in [1.807, 2.05) is 48.5 Å². The van der Waals surface area contributed by atoms with Crippen molar-refractivity contribution in [1.29, 1.82) is 0 Å². The molecule has 0 aromatic heterocycles. The molecule has 2 saturated heterocycles. The third-order valence-corrected chi connectivity index (χ3v) is 6.81. The summed E-state index contributed by atoms with van der Waals surface area (Å²) in [6.07, 6.45) is 3.81. The molecular weight excluding hydrogens is 390 g/mol. The highest BCUT2D eigenvalue weighted by Crippen LogP contribution is 2.34. The van der Waals surface area contributed by atoms with Crippen LogP contribution in [0.25, 0.3) is 0 Å². The molecule has 2 fully saturated rings. The number of likely N-dealkylation sites (tertiary alicyclic amines) is 2. The van der Waals surface area contributed by atoms with Gasteiger partial charge in [0, 0.05) is 33.9 Å². The van der Waals surface area contributed by atoms with Crippen LogP contribution in [0.15, 0.2) is 58.3 Å². The lowest BCUT2D eigenvalue weighted by Gasteiger charge is -2.23. The number of para-hydroxylation sites is 1. The van der Waals surface area contributed by atoms with Crippen LogP contribution in [0.4, 0.5) is 5.69 Å². The van der Waals surface area contributed by atoms with E-state index in [2.05, 4.69) is 15.1 Å². The Morgan fingerprint density at radius 1 is 1.07 bits per heavy atom. The molecule has 0 radical (unpaired) electrons. The highest BCUT2D eigenvalue weighted by molar-refractivity contribution is 7.99. The predicted molar refractivity (Wildman–Crippen MR) is 116 cm³/mol. The summed E-state index contributed by atoms with van der Waals surface area (Å²) in [5.74, 6) is 0.0613. The minimum Gasteiger partial charge on any atom is -0.324 e. The first-order valence-corrected chi connectivity index (χ1v) is 11.2. The largest absolute Gasteiger partial charge is 0.324 e. The van der Waals surface area contributed by atoms with E-state index in [4.69, 9.17) is 11.6 Å². The van der Waals surface area contributed by atoms with Crippen molar-refractivity contribution in [3.63, 3.8) is 0 Å². The number of amides is 1. The highest BCUT2D eigenvalue weighted by atomic mass is 35.5. The molecule has 2 aliphatic rings. The molecule has 1 amide bonds. The van der Waals surface area contributed by atoms with Crippen LogP contribution in [-0.2, 0) is 4.79 Å². The van der Waals surface area contributed by atoms with Gasteiger partial charge >= 0.3 is 0 Å². The van der Waals surface area contributed by atoms with Gasteiger partial charge in [0.05, 0.1) is 12.2 Å². The van der Waals surface area contributed by atoms with Crippen molar-refractivity contribution in [2.24, 2.45) is 0 Å². The van der Waals surface area contributed by atoms with Crippen LogP contribution in [0.1, 0.15) is 19.3 Å². The summed E-state index contributed by atoms with van der Waals surface area (Å²) in [4.78, 5) is 19.7. The number of hydrogen-bond acceptors (Lipinski definition) is 4. The number of anilines is 1. The SMILES string of the molecule is O=C(CN1CCC(N2CCCC2)C1)Nc1ccccc1Sc1ccc(Cl)cc1. The second kappa shape index (κ2) is 9.31. The summed E-state index contributed by atoms with van der Waals surface area (Å²) >= 11 is 7.60. The zero-order valence-electron chi connectivity index (χ0n) is 15.9. The first-order chi connectivity index (χ1) is 13.7. The molecule has 1 unspecified atom stereocenters. The summed E-state index contributed by atoms with van der Waals surface area (Å²) in [6.45, 7) is 4.93. The van der Waals surface area contributed by atoms with E-state index in [0.717, 1.165) is 33.6 Å². The molecule has 0 spiro atoms. The van der Waals surface area contributed by atoms with E-state index in [1.165, 1.54) is 32.4 Å². The number of rotatable bonds is 6. The minimum absolute atomic E-state index is 0.0613. The van der Waals surface area contributed by atoms with Crippen molar-refractivity contribution in [2.45, 2.75) is 35.1 Å². The van der Waals surface area contributed by atoms with E-state index in [-0.39, 0.29) is 5.91 Å². The van der Waals surface area contributed by atoms with Crippen molar-refractivity contribution in [3.05, 3.63) is 53.6 Å². The third-order valence-electron chi connectivity index (χ3n) is 5.47. The summed E-state index contributed by atoms with van der Waals surface area (Å²) < 4.78 is 0. The highest BCUT2D eigenvalue weighted by Gasteiger charge is 2.30. The molecule has 2 aromatic carbocycles. The second-order valence-electron chi connectivity index (χ2n) is 7.52. The number of halogens is 1. The van der Waals surface area contributed by atoms with E-state index in [0.29, 0.717) is 12.6 Å². The first kappa shape index (κ1) is 19.8. The van der Waals surface area contributed by atoms with Crippen molar-refractivity contribution in [3.8, 4) is 0 Å². The van der Waals surface area contributed by atoms with Gasteiger partial charge in [-0.2, -0.15) is 0 Å². The van der Waals surface area contributed by atoms with Crippen LogP contribution in [-0.4, -0.2) is 54.5 Å². The molecule has 4 rings (SSSR count). The van der Waals surface area contributed by atoms with Gasteiger partial charge in [-0.25, -0.2) is 0 Å². The molecule has 2 heterocycles. The molecule has 1 atom stereocenters. The van der Waals surface area contributed by atoms with Crippen LogP contribution in [0, 0.1) is 0 Å². The number of carbonyl (C=O) groups is 1. The second-order valence-corrected chi connectivity index (χ2v) is 9.07. The minimum atomic E-state index is 0.0613. The summed E-state index contributed by atoms with van der Waals surface area (Å²) in [7, 11) is 0. The summed E-state index contributed by atoms with van der Waals surface area (Å²) in [6, 6.07) is 16.3.